The summed E-state index contributed by atoms with van der Waals surface area (Å²) in [6.07, 6.45) is 17.6. The van der Waals surface area contributed by atoms with Gasteiger partial charge in [0.05, 0.1) is 0 Å². The van der Waals surface area contributed by atoms with Crippen molar-refractivity contribution in [2.45, 2.75) is 46.5 Å². The summed E-state index contributed by atoms with van der Waals surface area (Å²) >= 11 is -3.86. The third kappa shape index (κ3) is 5.53. The van der Waals surface area contributed by atoms with E-state index in [9.17, 15) is 0 Å². The van der Waals surface area contributed by atoms with Crippen molar-refractivity contribution in [2.24, 2.45) is 0 Å². The summed E-state index contributed by atoms with van der Waals surface area (Å²) in [4.78, 5) is 0. The predicted molar refractivity (Wildman–Crippen MR) is 144 cm³/mol. The molecule has 0 spiro atoms. The van der Waals surface area contributed by atoms with Gasteiger partial charge in [0.1, 0.15) is 0 Å². The SMILES string of the molecule is C[Si](C)(C)c1ccc([O][Zr]([O]c2ccc([Si](C)(C)C)cc2)([CH]2C=CC=C2)[CH]2C=CC=C2)cc1. The molecule has 0 amide bonds. The number of hydrogen-bond acceptors (Lipinski definition) is 2. The van der Waals surface area contributed by atoms with Crippen LogP contribution in [0, 0.1) is 0 Å². The molecule has 2 aliphatic rings. The maximum atomic E-state index is 7.05. The van der Waals surface area contributed by atoms with Gasteiger partial charge in [-0.15, -0.1) is 0 Å². The summed E-state index contributed by atoms with van der Waals surface area (Å²) in [5.74, 6) is 1.85. The molecule has 0 aromatic heterocycles. The number of hydrogen-bond donors (Lipinski definition) is 0. The van der Waals surface area contributed by atoms with Crippen LogP contribution in [-0.2, 0) is 21.1 Å². The van der Waals surface area contributed by atoms with Crippen LogP contribution in [0.1, 0.15) is 0 Å². The third-order valence-electron chi connectivity index (χ3n) is 6.42. The Morgan fingerprint density at radius 3 is 1.09 bits per heavy atom. The summed E-state index contributed by atoms with van der Waals surface area (Å²) in [5.41, 5.74) is 0. The standard InChI is InChI=1S/2C9H14OSi.2C5H5.Zr/c2*1-11(2,3)9-6-4-8(10)5-7-9;2*1-2-4-5-3-1;/h2*4-7,10H,1-3H3;2*1-5H;/q;;;;+2/p-2. The zero-order valence-electron chi connectivity index (χ0n) is 20.7. The number of benzene rings is 2. The summed E-state index contributed by atoms with van der Waals surface area (Å²) in [6.45, 7) is 14.3. The van der Waals surface area contributed by atoms with E-state index in [0.29, 0.717) is 0 Å². The van der Waals surface area contributed by atoms with E-state index in [0.717, 1.165) is 11.5 Å². The molecular formula is C28H36O2Si2Zr. The van der Waals surface area contributed by atoms with E-state index in [1.807, 2.05) is 0 Å². The molecule has 2 aromatic carbocycles. The second kappa shape index (κ2) is 9.52. The van der Waals surface area contributed by atoms with Crippen LogP contribution in [0.15, 0.2) is 97.1 Å². The molecule has 2 nitrogen and oxygen atoms in total. The minimum absolute atomic E-state index is 0.199. The van der Waals surface area contributed by atoms with Crippen molar-refractivity contribution in [1.82, 2.24) is 0 Å². The van der Waals surface area contributed by atoms with Crippen LogP contribution in [0.4, 0.5) is 0 Å². The molecule has 0 heterocycles. The quantitative estimate of drug-likeness (QED) is 0.327. The summed E-state index contributed by atoms with van der Waals surface area (Å²) < 4.78 is 14.5. The number of allylic oxidation sites excluding steroid dienone is 8. The van der Waals surface area contributed by atoms with Crippen molar-refractivity contribution < 1.29 is 26.8 Å². The van der Waals surface area contributed by atoms with Crippen molar-refractivity contribution in [3.63, 3.8) is 0 Å². The van der Waals surface area contributed by atoms with Crippen molar-refractivity contribution in [2.75, 3.05) is 0 Å². The fourth-order valence-corrected chi connectivity index (χ4v) is 15.4. The second-order valence-corrected chi connectivity index (χ2v) is 29.0. The van der Waals surface area contributed by atoms with Gasteiger partial charge in [-0.25, -0.2) is 0 Å². The van der Waals surface area contributed by atoms with Crippen molar-refractivity contribution in [3.8, 4) is 11.5 Å². The Hall–Kier alpha value is -1.68. The molecule has 5 heteroatoms. The molecule has 4 rings (SSSR count). The fraction of sp³-hybridized carbons (Fsp3) is 0.286. The normalized spacial score (nSPS) is 16.7. The summed E-state index contributed by atoms with van der Waals surface area (Å²) in [5, 5.41) is 2.89. The Balaban J connectivity index is 1.73. The topological polar surface area (TPSA) is 18.5 Å². The van der Waals surface area contributed by atoms with Crippen LogP contribution in [0.3, 0.4) is 0 Å². The molecule has 2 aliphatic carbocycles. The second-order valence-electron chi connectivity index (χ2n) is 11.1. The number of rotatable bonds is 8. The van der Waals surface area contributed by atoms with Crippen molar-refractivity contribution in [1.29, 1.82) is 0 Å². The van der Waals surface area contributed by atoms with E-state index in [1.165, 1.54) is 10.4 Å². The van der Waals surface area contributed by atoms with Gasteiger partial charge in [0.25, 0.3) is 0 Å². The Labute approximate surface area is 207 Å². The van der Waals surface area contributed by atoms with Crippen LogP contribution >= 0.6 is 0 Å². The van der Waals surface area contributed by atoms with E-state index >= 15 is 0 Å². The molecule has 0 unspecified atom stereocenters. The minimum atomic E-state index is -3.86. The molecule has 33 heavy (non-hydrogen) atoms. The Bertz CT molecular complexity index is 971. The van der Waals surface area contributed by atoms with Gasteiger partial charge in [0, 0.05) is 0 Å². The first-order chi connectivity index (χ1) is 15.6. The third-order valence-corrected chi connectivity index (χ3v) is 19.7. The molecule has 172 valence electrons. The summed E-state index contributed by atoms with van der Waals surface area (Å²) in [7, 11) is -2.72. The van der Waals surface area contributed by atoms with Crippen LogP contribution in [0.5, 0.6) is 11.5 Å². The van der Waals surface area contributed by atoms with Gasteiger partial charge in [0.2, 0.25) is 0 Å². The first kappa shape index (κ1) is 24.4. The zero-order chi connectivity index (χ0) is 23.7. The Kier molecular flexibility index (Phi) is 7.05. The Morgan fingerprint density at radius 2 is 0.818 bits per heavy atom. The van der Waals surface area contributed by atoms with Crippen molar-refractivity contribution >= 4 is 26.5 Å². The van der Waals surface area contributed by atoms with Crippen molar-refractivity contribution in [3.05, 3.63) is 97.1 Å². The van der Waals surface area contributed by atoms with Gasteiger partial charge >= 0.3 is 208 Å². The fourth-order valence-electron chi connectivity index (χ4n) is 4.33. The zero-order valence-corrected chi connectivity index (χ0v) is 25.2. The molecule has 0 saturated heterocycles. The first-order valence-electron chi connectivity index (χ1n) is 11.9. The molecule has 0 N–H and O–H groups in total. The molecule has 0 fully saturated rings. The summed E-state index contributed by atoms with van der Waals surface area (Å²) in [6, 6.07) is 17.6. The van der Waals surface area contributed by atoms with Gasteiger partial charge in [-0.3, -0.25) is 0 Å². The average molecular weight is 552 g/mol. The molecular weight excluding hydrogens is 516 g/mol. The van der Waals surface area contributed by atoms with E-state index in [2.05, 4.69) is 136 Å². The Morgan fingerprint density at radius 1 is 0.515 bits per heavy atom. The van der Waals surface area contributed by atoms with E-state index < -0.39 is 37.3 Å². The van der Waals surface area contributed by atoms with Crippen LogP contribution in [-0.4, -0.2) is 16.1 Å². The molecule has 0 saturated carbocycles. The maximum absolute atomic E-state index is 7.05. The molecule has 0 aliphatic heterocycles. The molecule has 0 radical (unpaired) electrons. The van der Waals surface area contributed by atoms with E-state index in [1.54, 1.807) is 0 Å². The molecule has 0 atom stereocenters. The van der Waals surface area contributed by atoms with Crippen LogP contribution < -0.4 is 16.0 Å². The van der Waals surface area contributed by atoms with Gasteiger partial charge in [0.15, 0.2) is 0 Å². The molecule has 0 bridgehead atoms. The first-order valence-corrected chi connectivity index (χ1v) is 23.7. The predicted octanol–water partition coefficient (Wildman–Crippen LogP) is 7.05. The van der Waals surface area contributed by atoms with Gasteiger partial charge < -0.3 is 0 Å². The monoisotopic (exact) mass is 550 g/mol. The van der Waals surface area contributed by atoms with Gasteiger partial charge in [-0.2, -0.15) is 0 Å². The van der Waals surface area contributed by atoms with Crippen LogP contribution in [0.25, 0.3) is 0 Å². The van der Waals surface area contributed by atoms with E-state index in [4.69, 9.17) is 5.63 Å². The molecule has 2 aromatic rings. The van der Waals surface area contributed by atoms with Gasteiger partial charge in [-0.1, -0.05) is 0 Å². The van der Waals surface area contributed by atoms with Gasteiger partial charge in [-0.05, 0) is 0 Å². The van der Waals surface area contributed by atoms with E-state index in [-0.39, 0.29) is 7.25 Å². The average Bonchev–Trinajstić information content (AvgIpc) is 3.47. The van der Waals surface area contributed by atoms with Crippen LogP contribution in [0.2, 0.25) is 46.5 Å².